The summed E-state index contributed by atoms with van der Waals surface area (Å²) in [5, 5.41) is 0.323. The monoisotopic (exact) mass is 290 g/mol. The average Bonchev–Trinajstić information content (AvgIpc) is 2.88. The predicted octanol–water partition coefficient (Wildman–Crippen LogP) is 3.13. The van der Waals surface area contributed by atoms with Crippen molar-refractivity contribution < 1.29 is 8.78 Å². The molecule has 0 unspecified atom stereocenters. The van der Waals surface area contributed by atoms with Crippen molar-refractivity contribution in [3.63, 3.8) is 0 Å². The molecule has 3 aromatic rings. The number of rotatable bonds is 2. The molecule has 3 rings (SSSR count). The summed E-state index contributed by atoms with van der Waals surface area (Å²) in [5.41, 5.74) is 6.38. The second-order valence-electron chi connectivity index (χ2n) is 3.99. The van der Waals surface area contributed by atoms with Crippen LogP contribution in [0.5, 0.6) is 0 Å². The second-order valence-corrected chi connectivity index (χ2v) is 4.77. The molecule has 0 bridgehead atoms. The molecule has 0 atom stereocenters. The fraction of sp³-hybridized carbons (Fsp3) is 0. The Morgan fingerprint density at radius 2 is 1.80 bits per heavy atom. The molecule has 0 aliphatic rings. The normalized spacial score (nSPS) is 10.7. The van der Waals surface area contributed by atoms with Crippen LogP contribution in [0.15, 0.2) is 36.4 Å². The van der Waals surface area contributed by atoms with E-state index in [0.717, 1.165) is 29.7 Å². The van der Waals surface area contributed by atoms with Gasteiger partial charge in [0.15, 0.2) is 11.0 Å². The van der Waals surface area contributed by atoms with Crippen LogP contribution in [-0.4, -0.2) is 14.3 Å². The highest BCUT2D eigenvalue weighted by Gasteiger charge is 2.11. The third-order valence-electron chi connectivity index (χ3n) is 2.62. The first-order valence-electron chi connectivity index (χ1n) is 5.65. The summed E-state index contributed by atoms with van der Waals surface area (Å²) in [6.07, 6.45) is 0. The van der Waals surface area contributed by atoms with Gasteiger partial charge in [0.1, 0.15) is 17.3 Å². The standard InChI is InChI=1S/C13H8F2N4S/c14-7-4-5-9(15)8(6-7)10-2-1-3-11(17-10)12-18-13(16)20-19-12/h1-6H,(H2,16,18,19). The minimum atomic E-state index is -0.540. The summed E-state index contributed by atoms with van der Waals surface area (Å²) in [7, 11) is 0. The fourth-order valence-electron chi connectivity index (χ4n) is 1.74. The van der Waals surface area contributed by atoms with Gasteiger partial charge in [-0.2, -0.15) is 9.36 Å². The molecule has 0 saturated heterocycles. The van der Waals surface area contributed by atoms with Crippen molar-refractivity contribution in [1.29, 1.82) is 0 Å². The van der Waals surface area contributed by atoms with Crippen LogP contribution in [0.2, 0.25) is 0 Å². The first kappa shape index (κ1) is 12.6. The lowest BCUT2D eigenvalue weighted by Gasteiger charge is -2.04. The third kappa shape index (κ3) is 2.35. The van der Waals surface area contributed by atoms with Gasteiger partial charge < -0.3 is 5.73 Å². The van der Waals surface area contributed by atoms with E-state index >= 15 is 0 Å². The molecule has 0 amide bonds. The van der Waals surface area contributed by atoms with Crippen molar-refractivity contribution in [3.05, 3.63) is 48.0 Å². The Kier molecular flexibility index (Phi) is 3.11. The van der Waals surface area contributed by atoms with E-state index in [2.05, 4.69) is 14.3 Å². The number of pyridine rings is 1. The number of aromatic nitrogens is 3. The van der Waals surface area contributed by atoms with Crippen molar-refractivity contribution in [2.24, 2.45) is 0 Å². The minimum absolute atomic E-state index is 0.0926. The van der Waals surface area contributed by atoms with E-state index in [9.17, 15) is 8.78 Å². The third-order valence-corrected chi connectivity index (χ3v) is 3.17. The number of anilines is 1. The van der Waals surface area contributed by atoms with Gasteiger partial charge in [0.2, 0.25) is 0 Å². The Balaban J connectivity index is 2.09. The Hall–Kier alpha value is -2.41. The lowest BCUT2D eigenvalue weighted by molar-refractivity contribution is 0.602. The second kappa shape index (κ2) is 4.93. The lowest BCUT2D eigenvalue weighted by Crippen LogP contribution is -1.93. The van der Waals surface area contributed by atoms with E-state index in [1.165, 1.54) is 0 Å². The van der Waals surface area contributed by atoms with Crippen LogP contribution in [0.3, 0.4) is 0 Å². The number of benzene rings is 1. The number of hydrogen-bond donors (Lipinski definition) is 1. The van der Waals surface area contributed by atoms with Crippen molar-refractivity contribution in [1.82, 2.24) is 14.3 Å². The topological polar surface area (TPSA) is 64.7 Å². The minimum Gasteiger partial charge on any atom is -0.374 e. The summed E-state index contributed by atoms with van der Waals surface area (Å²) in [5.74, 6) is -0.697. The number of nitrogens with two attached hydrogens (primary N) is 1. The molecule has 0 fully saturated rings. The molecular formula is C13H8F2N4S. The fourth-order valence-corrected chi connectivity index (χ4v) is 2.18. The van der Waals surface area contributed by atoms with Crippen LogP contribution in [0.1, 0.15) is 0 Å². The highest BCUT2D eigenvalue weighted by molar-refractivity contribution is 7.09. The molecule has 2 aromatic heterocycles. The smallest absolute Gasteiger partial charge is 0.200 e. The zero-order valence-electron chi connectivity index (χ0n) is 10.0. The number of nitrogens with zero attached hydrogens (tertiary/aromatic N) is 3. The zero-order chi connectivity index (χ0) is 14.1. The van der Waals surface area contributed by atoms with Crippen LogP contribution in [0.4, 0.5) is 13.9 Å². The molecule has 0 aliphatic heterocycles. The molecule has 7 heteroatoms. The summed E-state index contributed by atoms with van der Waals surface area (Å²) in [4.78, 5) is 8.26. The Bertz CT molecular complexity index is 773. The quantitative estimate of drug-likeness (QED) is 0.787. The summed E-state index contributed by atoms with van der Waals surface area (Å²) < 4.78 is 31.0. The molecular weight excluding hydrogens is 282 g/mol. The maximum Gasteiger partial charge on any atom is 0.200 e. The van der Waals surface area contributed by atoms with Crippen LogP contribution in [-0.2, 0) is 0 Å². The first-order valence-corrected chi connectivity index (χ1v) is 6.43. The van der Waals surface area contributed by atoms with Gasteiger partial charge in [-0.25, -0.2) is 13.8 Å². The van der Waals surface area contributed by atoms with Crippen molar-refractivity contribution in [2.45, 2.75) is 0 Å². The molecule has 4 nitrogen and oxygen atoms in total. The number of hydrogen-bond acceptors (Lipinski definition) is 5. The van der Waals surface area contributed by atoms with E-state index in [1.807, 2.05) is 0 Å². The molecule has 0 aliphatic carbocycles. The van der Waals surface area contributed by atoms with E-state index in [-0.39, 0.29) is 5.56 Å². The molecule has 2 N–H and O–H groups in total. The molecule has 20 heavy (non-hydrogen) atoms. The van der Waals surface area contributed by atoms with Gasteiger partial charge in [0.25, 0.3) is 0 Å². The van der Waals surface area contributed by atoms with E-state index in [0.29, 0.717) is 22.3 Å². The predicted molar refractivity (Wildman–Crippen MR) is 72.9 cm³/mol. The van der Waals surface area contributed by atoms with Crippen LogP contribution >= 0.6 is 11.5 Å². The largest absolute Gasteiger partial charge is 0.374 e. The average molecular weight is 290 g/mol. The van der Waals surface area contributed by atoms with E-state index in [1.54, 1.807) is 18.2 Å². The molecule has 0 saturated carbocycles. The van der Waals surface area contributed by atoms with Gasteiger partial charge in [-0.05, 0) is 30.3 Å². The van der Waals surface area contributed by atoms with Crippen LogP contribution in [0, 0.1) is 11.6 Å². The van der Waals surface area contributed by atoms with Crippen LogP contribution in [0.25, 0.3) is 22.8 Å². The highest BCUT2D eigenvalue weighted by atomic mass is 32.1. The van der Waals surface area contributed by atoms with Gasteiger partial charge >= 0.3 is 0 Å². The Morgan fingerprint density at radius 1 is 1.00 bits per heavy atom. The van der Waals surface area contributed by atoms with Crippen molar-refractivity contribution in [2.75, 3.05) is 5.73 Å². The van der Waals surface area contributed by atoms with E-state index in [4.69, 9.17) is 5.73 Å². The molecule has 2 heterocycles. The van der Waals surface area contributed by atoms with Crippen molar-refractivity contribution in [3.8, 4) is 22.8 Å². The Morgan fingerprint density at radius 3 is 2.55 bits per heavy atom. The van der Waals surface area contributed by atoms with Gasteiger partial charge in [0.05, 0.1) is 5.69 Å². The first-order chi connectivity index (χ1) is 9.63. The molecule has 0 spiro atoms. The number of halogens is 2. The lowest BCUT2D eigenvalue weighted by atomic mass is 10.1. The maximum absolute atomic E-state index is 13.7. The summed E-state index contributed by atoms with van der Waals surface area (Å²) in [6.45, 7) is 0. The molecule has 0 radical (unpaired) electrons. The SMILES string of the molecule is Nc1nc(-c2cccc(-c3cc(F)ccc3F)n2)ns1. The molecule has 100 valence electrons. The molecule has 1 aromatic carbocycles. The van der Waals surface area contributed by atoms with E-state index < -0.39 is 11.6 Å². The van der Waals surface area contributed by atoms with Crippen molar-refractivity contribution >= 4 is 16.7 Å². The Labute approximate surface area is 117 Å². The van der Waals surface area contributed by atoms with Gasteiger partial charge in [-0.3, -0.25) is 0 Å². The van der Waals surface area contributed by atoms with Gasteiger partial charge in [0, 0.05) is 17.1 Å². The maximum atomic E-state index is 13.7. The van der Waals surface area contributed by atoms with Gasteiger partial charge in [-0.15, -0.1) is 0 Å². The highest BCUT2D eigenvalue weighted by Crippen LogP contribution is 2.25. The number of nitrogen functional groups attached to an aromatic ring is 1. The summed E-state index contributed by atoms with van der Waals surface area (Å²) >= 11 is 1.05. The van der Waals surface area contributed by atoms with Crippen LogP contribution < -0.4 is 5.73 Å². The summed E-state index contributed by atoms with van der Waals surface area (Å²) in [6, 6.07) is 8.19. The van der Waals surface area contributed by atoms with Gasteiger partial charge in [-0.1, -0.05) is 6.07 Å². The zero-order valence-corrected chi connectivity index (χ0v) is 10.9.